The third-order valence-corrected chi connectivity index (χ3v) is 3.84. The molecule has 0 aromatic heterocycles. The summed E-state index contributed by atoms with van der Waals surface area (Å²) in [5.41, 5.74) is 6.20. The molecule has 85 valence electrons. The molecular formula is C12H19Cl2Zr. The van der Waals surface area contributed by atoms with Crippen molar-refractivity contribution in [1.29, 1.82) is 0 Å². The molecule has 0 fully saturated rings. The van der Waals surface area contributed by atoms with Crippen molar-refractivity contribution < 1.29 is 51.0 Å². The van der Waals surface area contributed by atoms with E-state index in [0.29, 0.717) is 0 Å². The molecule has 1 aliphatic rings. The predicted molar refractivity (Wildman–Crippen MR) is 54.8 cm³/mol. The molecule has 0 spiro atoms. The Balaban J connectivity index is -0.000000480. The molecule has 0 saturated carbocycles. The van der Waals surface area contributed by atoms with Crippen molar-refractivity contribution in [3.8, 4) is 0 Å². The standard InChI is InChI=1S/C12H19.2ClH.Zr/c1-7-12(6)10(4)8(2)9(3)11(12)5;;;/h1,7H2,2-6H3;2*1H;/q-1;;;+3/p-2. The van der Waals surface area contributed by atoms with E-state index < -0.39 is 0 Å². The minimum absolute atomic E-state index is 0. The van der Waals surface area contributed by atoms with Gasteiger partial charge in [-0.1, -0.05) is 18.1 Å². The summed E-state index contributed by atoms with van der Waals surface area (Å²) < 4.78 is 0. The molecule has 0 unspecified atom stereocenters. The topological polar surface area (TPSA) is 0 Å². The van der Waals surface area contributed by atoms with Crippen LogP contribution < -0.4 is 24.8 Å². The molecule has 0 nitrogen and oxygen atoms in total. The van der Waals surface area contributed by atoms with E-state index in [4.69, 9.17) is 0 Å². The van der Waals surface area contributed by atoms with Crippen LogP contribution in [0.15, 0.2) is 22.3 Å². The van der Waals surface area contributed by atoms with Crippen LogP contribution in [0.25, 0.3) is 0 Å². The SMILES string of the molecule is [CH2-]CC1(C)C(C)=C(C)C(C)=C1C.[Cl-].[Cl-].[Zr+3]. The Kier molecular flexibility index (Phi) is 10.3. The molecule has 0 atom stereocenters. The molecule has 0 heterocycles. The minimum Gasteiger partial charge on any atom is -1.00 e. The maximum atomic E-state index is 4.04. The molecule has 1 aliphatic carbocycles. The monoisotopic (exact) mass is 323 g/mol. The van der Waals surface area contributed by atoms with Crippen LogP contribution in [0, 0.1) is 12.3 Å². The van der Waals surface area contributed by atoms with Crippen molar-refractivity contribution in [3.05, 3.63) is 29.2 Å². The zero-order chi connectivity index (χ0) is 9.52. The molecule has 1 radical (unpaired) electrons. The molecule has 0 aromatic rings. The van der Waals surface area contributed by atoms with Crippen LogP contribution >= 0.6 is 0 Å². The van der Waals surface area contributed by atoms with Crippen molar-refractivity contribution in [3.63, 3.8) is 0 Å². The summed E-state index contributed by atoms with van der Waals surface area (Å²) >= 11 is 0. The van der Waals surface area contributed by atoms with Crippen LogP contribution in [-0.2, 0) is 26.2 Å². The van der Waals surface area contributed by atoms with Gasteiger partial charge in [0.05, 0.1) is 0 Å². The molecule has 15 heavy (non-hydrogen) atoms. The Morgan fingerprint density at radius 3 is 1.33 bits per heavy atom. The molecular weight excluding hydrogens is 306 g/mol. The van der Waals surface area contributed by atoms with Crippen molar-refractivity contribution in [2.45, 2.75) is 41.0 Å². The van der Waals surface area contributed by atoms with E-state index in [1.165, 1.54) is 22.3 Å². The van der Waals surface area contributed by atoms with E-state index in [0.717, 1.165) is 6.42 Å². The number of halogens is 2. The number of hydrogen-bond acceptors (Lipinski definition) is 0. The molecule has 0 aliphatic heterocycles. The Hall–Kier alpha value is 0.943. The van der Waals surface area contributed by atoms with Crippen LogP contribution in [0.5, 0.6) is 0 Å². The summed E-state index contributed by atoms with van der Waals surface area (Å²) in [4.78, 5) is 0. The molecule has 0 aromatic carbocycles. The van der Waals surface area contributed by atoms with Gasteiger partial charge < -0.3 is 31.7 Å². The van der Waals surface area contributed by atoms with E-state index in [2.05, 4.69) is 41.5 Å². The van der Waals surface area contributed by atoms with Gasteiger partial charge in [0, 0.05) is 0 Å². The Morgan fingerprint density at radius 2 is 1.20 bits per heavy atom. The van der Waals surface area contributed by atoms with Gasteiger partial charge in [-0.3, -0.25) is 0 Å². The van der Waals surface area contributed by atoms with Crippen LogP contribution in [0.4, 0.5) is 0 Å². The molecule has 1 rings (SSSR count). The van der Waals surface area contributed by atoms with Crippen LogP contribution in [0.1, 0.15) is 41.0 Å². The second-order valence-corrected chi connectivity index (χ2v) is 4.08. The third kappa shape index (κ3) is 3.21. The number of rotatable bonds is 1. The van der Waals surface area contributed by atoms with Gasteiger partial charge in [0.15, 0.2) is 0 Å². The number of allylic oxidation sites excluding steroid dienone is 4. The maximum absolute atomic E-state index is 4.04. The fourth-order valence-electron chi connectivity index (χ4n) is 2.05. The average Bonchev–Trinajstić information content (AvgIpc) is 2.22. The van der Waals surface area contributed by atoms with Gasteiger partial charge >= 0.3 is 26.2 Å². The summed E-state index contributed by atoms with van der Waals surface area (Å²) in [6, 6.07) is 0. The van der Waals surface area contributed by atoms with Crippen LogP contribution in [-0.4, -0.2) is 0 Å². The molecule has 0 N–H and O–H groups in total. The zero-order valence-corrected chi connectivity index (χ0v) is 14.1. The molecule has 0 amide bonds. The third-order valence-electron chi connectivity index (χ3n) is 3.84. The zero-order valence-electron chi connectivity index (χ0n) is 10.2. The summed E-state index contributed by atoms with van der Waals surface area (Å²) in [6.45, 7) is 15.2. The number of hydrogen-bond donors (Lipinski definition) is 0. The fourth-order valence-corrected chi connectivity index (χ4v) is 2.05. The summed E-state index contributed by atoms with van der Waals surface area (Å²) in [7, 11) is 0. The largest absolute Gasteiger partial charge is 3.00 e. The van der Waals surface area contributed by atoms with Gasteiger partial charge in [-0.05, 0) is 44.3 Å². The van der Waals surface area contributed by atoms with Gasteiger partial charge in [-0.25, -0.2) is 0 Å². The van der Waals surface area contributed by atoms with E-state index >= 15 is 0 Å². The molecule has 0 saturated heterocycles. The van der Waals surface area contributed by atoms with Crippen molar-refractivity contribution in [2.75, 3.05) is 0 Å². The average molecular weight is 325 g/mol. The molecule has 0 bridgehead atoms. The van der Waals surface area contributed by atoms with Crippen LogP contribution in [0.2, 0.25) is 0 Å². The van der Waals surface area contributed by atoms with Gasteiger partial charge in [0.2, 0.25) is 0 Å². The summed E-state index contributed by atoms with van der Waals surface area (Å²) in [5, 5.41) is 0. The first-order valence-electron chi connectivity index (χ1n) is 4.60. The Morgan fingerprint density at radius 1 is 0.933 bits per heavy atom. The van der Waals surface area contributed by atoms with Crippen LogP contribution in [0.3, 0.4) is 0 Å². The van der Waals surface area contributed by atoms with Crippen molar-refractivity contribution in [2.24, 2.45) is 5.41 Å². The van der Waals surface area contributed by atoms with Gasteiger partial charge in [-0.2, -0.15) is 6.42 Å². The molecule has 3 heteroatoms. The van der Waals surface area contributed by atoms with E-state index in [1.807, 2.05) is 0 Å². The summed E-state index contributed by atoms with van der Waals surface area (Å²) in [5.74, 6) is 0. The van der Waals surface area contributed by atoms with E-state index in [1.54, 1.807) is 0 Å². The van der Waals surface area contributed by atoms with Crippen molar-refractivity contribution in [1.82, 2.24) is 0 Å². The smallest absolute Gasteiger partial charge is 1.00 e. The predicted octanol–water partition coefficient (Wildman–Crippen LogP) is -2.09. The van der Waals surface area contributed by atoms with E-state index in [9.17, 15) is 0 Å². The first-order chi connectivity index (χ1) is 5.45. The fraction of sp³-hybridized carbons (Fsp3) is 0.583. The first kappa shape index (κ1) is 21.3. The second kappa shape index (κ2) is 7.30. The van der Waals surface area contributed by atoms with Gasteiger partial charge in [0.1, 0.15) is 0 Å². The van der Waals surface area contributed by atoms with Gasteiger partial charge in [-0.15, -0.1) is 0 Å². The Labute approximate surface area is 126 Å². The minimum atomic E-state index is 0. The van der Waals surface area contributed by atoms with E-state index in [-0.39, 0.29) is 56.4 Å². The quantitative estimate of drug-likeness (QED) is 0.485. The second-order valence-electron chi connectivity index (χ2n) is 4.08. The Bertz CT molecular complexity index is 253. The maximum Gasteiger partial charge on any atom is 3.00 e. The van der Waals surface area contributed by atoms with Crippen molar-refractivity contribution >= 4 is 0 Å². The summed E-state index contributed by atoms with van der Waals surface area (Å²) in [6.07, 6.45) is 0.972. The van der Waals surface area contributed by atoms with Gasteiger partial charge in [0.25, 0.3) is 0 Å². The first-order valence-corrected chi connectivity index (χ1v) is 4.60. The normalized spacial score (nSPS) is 18.0.